The molecule has 5 heterocycles. The molecule has 3 amide bonds. The first-order valence-electron chi connectivity index (χ1n) is 19.3. The van der Waals surface area contributed by atoms with Gasteiger partial charge in [0.25, 0.3) is 22.9 Å². The Hall–Kier alpha value is -7.49. The molecule has 0 unspecified atom stereocenters. The van der Waals surface area contributed by atoms with Crippen molar-refractivity contribution >= 4 is 45.3 Å². The van der Waals surface area contributed by atoms with Gasteiger partial charge >= 0.3 is 6.03 Å². The predicted molar refractivity (Wildman–Crippen MR) is 225 cm³/mol. The van der Waals surface area contributed by atoms with Gasteiger partial charge < -0.3 is 25.0 Å². The van der Waals surface area contributed by atoms with Gasteiger partial charge in [-0.3, -0.25) is 19.2 Å². The molecule has 1 aliphatic rings. The van der Waals surface area contributed by atoms with Crippen molar-refractivity contribution in [2.75, 3.05) is 45.2 Å². The van der Waals surface area contributed by atoms with E-state index in [1.807, 2.05) is 42.2 Å². The highest BCUT2D eigenvalue weighted by molar-refractivity contribution is 6.09. The maximum absolute atomic E-state index is 15.1. The summed E-state index contributed by atoms with van der Waals surface area (Å²) in [6.07, 6.45) is 3.45. The second kappa shape index (κ2) is 16.0. The Kier molecular flexibility index (Phi) is 10.5. The van der Waals surface area contributed by atoms with Crippen molar-refractivity contribution in [1.29, 1.82) is 0 Å². The number of anilines is 1. The predicted octanol–water partition coefficient (Wildman–Crippen LogP) is 4.79. The van der Waals surface area contributed by atoms with Crippen molar-refractivity contribution in [3.63, 3.8) is 0 Å². The summed E-state index contributed by atoms with van der Waals surface area (Å²) >= 11 is 0. The van der Waals surface area contributed by atoms with E-state index in [9.17, 15) is 24.0 Å². The number of hydrogen-bond donors (Lipinski definition) is 3. The van der Waals surface area contributed by atoms with Crippen LogP contribution in [0.1, 0.15) is 48.8 Å². The topological polar surface area (TPSA) is 182 Å². The molecular formula is C44H41FN10O5. The molecule has 8 rings (SSSR count). The number of aryl methyl sites for hydroxylation is 2. The minimum Gasteiger partial charge on any atom is -0.353 e. The van der Waals surface area contributed by atoms with Gasteiger partial charge in [0.1, 0.15) is 11.6 Å². The average Bonchev–Trinajstić information content (AvgIpc) is 3.68. The molecule has 0 radical (unpaired) electrons. The number of benzene rings is 3. The lowest BCUT2D eigenvalue weighted by Crippen LogP contribution is -2.49. The number of carbonyl (C=O) groups is 3. The zero-order chi connectivity index (χ0) is 42.2. The minimum absolute atomic E-state index is 0.000776. The molecule has 0 spiro atoms. The molecule has 60 heavy (non-hydrogen) atoms. The van der Waals surface area contributed by atoms with E-state index in [1.54, 1.807) is 68.5 Å². The number of nitrogens with zero attached hydrogens (tertiary/aromatic N) is 7. The van der Waals surface area contributed by atoms with E-state index in [4.69, 9.17) is 4.98 Å². The third kappa shape index (κ3) is 7.62. The molecule has 0 aliphatic carbocycles. The van der Waals surface area contributed by atoms with Gasteiger partial charge in [-0.2, -0.15) is 14.9 Å². The number of aromatic nitrogens is 6. The standard InChI is InChI=1S/C44H41FN10O5/c1-25-17-26(2)49-41(57)34(25)23-47-40(56)32-20-29(21-38-35(32)24-48-55(38)44(60)52(3)4)28-10-12-39(46-22-28)53-13-15-54(16-14-53)43(59)33-18-27(9-11-36(33)45)19-37-30-7-5-6-8-31(30)42(58)51-50-37/h5-12,17-18,20-22,24H,13-16,19,23H2,1-4H3,(H,47,56)(H,49,57)(H,51,58). The van der Waals surface area contributed by atoms with Crippen LogP contribution in [-0.4, -0.2) is 97.9 Å². The van der Waals surface area contributed by atoms with E-state index in [1.165, 1.54) is 21.8 Å². The largest absolute Gasteiger partial charge is 0.353 e. The normalized spacial score (nSPS) is 12.9. The number of halogens is 1. The van der Waals surface area contributed by atoms with Crippen molar-refractivity contribution in [3.05, 3.63) is 151 Å². The molecule has 304 valence electrons. The molecule has 1 saturated heterocycles. The Balaban J connectivity index is 0.984. The highest BCUT2D eigenvalue weighted by atomic mass is 19.1. The maximum Gasteiger partial charge on any atom is 0.344 e. The summed E-state index contributed by atoms with van der Waals surface area (Å²) in [6.45, 7) is 5.20. The van der Waals surface area contributed by atoms with Gasteiger partial charge in [0.05, 0.1) is 33.9 Å². The highest BCUT2D eigenvalue weighted by Gasteiger charge is 2.26. The van der Waals surface area contributed by atoms with Gasteiger partial charge in [-0.05, 0) is 79.1 Å². The monoisotopic (exact) mass is 808 g/mol. The summed E-state index contributed by atoms with van der Waals surface area (Å²) in [5, 5.41) is 15.6. The summed E-state index contributed by atoms with van der Waals surface area (Å²) in [6, 6.07) is 20.2. The van der Waals surface area contributed by atoms with Gasteiger partial charge in [-0.25, -0.2) is 19.3 Å². The number of aromatic amines is 2. The van der Waals surface area contributed by atoms with Crippen molar-refractivity contribution in [1.82, 2.24) is 45.1 Å². The Labute approximate surface area is 342 Å². The van der Waals surface area contributed by atoms with Gasteiger partial charge in [0.2, 0.25) is 0 Å². The Morgan fingerprint density at radius 2 is 1.60 bits per heavy atom. The van der Waals surface area contributed by atoms with E-state index in [2.05, 4.69) is 25.6 Å². The Bertz CT molecular complexity index is 2950. The van der Waals surface area contributed by atoms with Gasteiger partial charge in [0, 0.05) is 87.0 Å². The van der Waals surface area contributed by atoms with Crippen LogP contribution in [0.5, 0.6) is 0 Å². The van der Waals surface area contributed by atoms with Crippen molar-refractivity contribution in [3.8, 4) is 11.1 Å². The molecule has 0 bridgehead atoms. The van der Waals surface area contributed by atoms with Gasteiger partial charge in [0.15, 0.2) is 0 Å². The molecule has 3 N–H and O–H groups in total. The highest BCUT2D eigenvalue weighted by Crippen LogP contribution is 2.30. The summed E-state index contributed by atoms with van der Waals surface area (Å²) in [7, 11) is 3.22. The van der Waals surface area contributed by atoms with E-state index < -0.39 is 23.7 Å². The van der Waals surface area contributed by atoms with Crippen LogP contribution in [0.4, 0.5) is 15.0 Å². The second-order valence-electron chi connectivity index (χ2n) is 15.0. The fourth-order valence-corrected chi connectivity index (χ4v) is 7.59. The van der Waals surface area contributed by atoms with Crippen LogP contribution in [0.2, 0.25) is 0 Å². The van der Waals surface area contributed by atoms with Crippen molar-refractivity contribution < 1.29 is 18.8 Å². The summed E-state index contributed by atoms with van der Waals surface area (Å²) in [4.78, 5) is 78.0. The Morgan fingerprint density at radius 3 is 2.32 bits per heavy atom. The summed E-state index contributed by atoms with van der Waals surface area (Å²) in [5.41, 5.74) is 4.61. The van der Waals surface area contributed by atoms with Crippen LogP contribution < -0.4 is 21.3 Å². The number of nitrogens with one attached hydrogen (secondary N) is 3. The average molecular weight is 809 g/mol. The smallest absolute Gasteiger partial charge is 0.344 e. The number of piperazine rings is 1. The first-order chi connectivity index (χ1) is 28.9. The molecule has 1 aliphatic heterocycles. The van der Waals surface area contributed by atoms with E-state index in [-0.39, 0.29) is 28.8 Å². The molecule has 15 nitrogen and oxygen atoms in total. The molecule has 3 aromatic carbocycles. The molecule has 1 fully saturated rings. The number of carbonyl (C=O) groups excluding carboxylic acids is 3. The fourth-order valence-electron chi connectivity index (χ4n) is 7.59. The number of fused-ring (bicyclic) bond motifs is 2. The Morgan fingerprint density at radius 1 is 0.833 bits per heavy atom. The molecule has 4 aromatic heterocycles. The number of rotatable bonds is 8. The number of hydrogen-bond acceptors (Lipinski definition) is 9. The number of amides is 3. The van der Waals surface area contributed by atoms with E-state index in [0.29, 0.717) is 88.0 Å². The zero-order valence-corrected chi connectivity index (χ0v) is 33.4. The molecule has 7 aromatic rings. The van der Waals surface area contributed by atoms with Crippen LogP contribution in [0.25, 0.3) is 32.8 Å². The third-order valence-corrected chi connectivity index (χ3v) is 10.8. The first kappa shape index (κ1) is 39.3. The van der Waals surface area contributed by atoms with Crippen molar-refractivity contribution in [2.24, 2.45) is 0 Å². The van der Waals surface area contributed by atoms with Crippen LogP contribution in [0, 0.1) is 19.7 Å². The van der Waals surface area contributed by atoms with E-state index >= 15 is 4.39 Å². The maximum atomic E-state index is 15.1. The number of H-pyrrole nitrogens is 2. The lowest BCUT2D eigenvalue weighted by Gasteiger charge is -2.35. The fraction of sp³-hybridized carbons (Fsp3) is 0.227. The minimum atomic E-state index is -0.618. The SMILES string of the molecule is Cc1cc(C)c(CNC(=O)c2cc(-c3ccc(N4CCN(C(=O)c5cc(Cc6n[nH]c(=O)c7ccccc67)ccc5F)CC4)nc3)cc3c2cnn3C(=O)N(C)C)c(=O)[nH]1. The van der Waals surface area contributed by atoms with Crippen molar-refractivity contribution in [2.45, 2.75) is 26.8 Å². The molecular weight excluding hydrogens is 768 g/mol. The molecule has 16 heteroatoms. The molecule has 0 saturated carbocycles. The van der Waals surface area contributed by atoms with Crippen LogP contribution in [-0.2, 0) is 13.0 Å². The van der Waals surface area contributed by atoms with Gasteiger partial charge in [-0.1, -0.05) is 24.3 Å². The molecule has 0 atom stereocenters. The summed E-state index contributed by atoms with van der Waals surface area (Å²) < 4.78 is 16.4. The summed E-state index contributed by atoms with van der Waals surface area (Å²) in [5.74, 6) is -0.807. The zero-order valence-electron chi connectivity index (χ0n) is 33.4. The third-order valence-electron chi connectivity index (χ3n) is 10.8. The lowest BCUT2D eigenvalue weighted by atomic mass is 10.0. The van der Waals surface area contributed by atoms with Gasteiger partial charge in [-0.15, -0.1) is 0 Å². The quantitative estimate of drug-likeness (QED) is 0.195. The van der Waals surface area contributed by atoms with Crippen LogP contribution >= 0.6 is 0 Å². The first-order valence-corrected chi connectivity index (χ1v) is 19.3. The van der Waals surface area contributed by atoms with E-state index in [0.717, 1.165) is 11.3 Å². The lowest BCUT2D eigenvalue weighted by molar-refractivity contribution is 0.0741. The number of pyridine rings is 2. The van der Waals surface area contributed by atoms with Crippen LogP contribution in [0.3, 0.4) is 0 Å². The van der Waals surface area contributed by atoms with Crippen LogP contribution in [0.15, 0.2) is 94.8 Å². The second-order valence-corrected chi connectivity index (χ2v) is 15.0.